The molecule has 0 aliphatic heterocycles. The van der Waals surface area contributed by atoms with Crippen LogP contribution in [0.2, 0.25) is 0 Å². The number of aromatic nitrogens is 2. The molecular formula is C6H6ClN3OS. The normalized spacial score (nSPS) is 16.4. The molecular weight excluding hydrogens is 198 g/mol. The first-order chi connectivity index (χ1) is 5.77. The Labute approximate surface area is 78.1 Å². The van der Waals surface area contributed by atoms with Crippen molar-refractivity contribution < 1.29 is 4.63 Å². The zero-order chi connectivity index (χ0) is 8.55. The summed E-state index contributed by atoms with van der Waals surface area (Å²) in [5.41, 5.74) is 0.355. The summed E-state index contributed by atoms with van der Waals surface area (Å²) in [6.07, 6.45) is 2.40. The lowest BCUT2D eigenvalue weighted by molar-refractivity contribution is 0.298. The molecule has 2 rings (SSSR count). The maximum absolute atomic E-state index is 7.15. The van der Waals surface area contributed by atoms with Crippen molar-refractivity contribution in [1.82, 2.24) is 10.3 Å². The largest absolute Gasteiger partial charge is 0.287 e. The molecule has 0 saturated heterocycles. The van der Waals surface area contributed by atoms with Crippen molar-refractivity contribution in [2.24, 2.45) is 0 Å². The van der Waals surface area contributed by atoms with Gasteiger partial charge in [-0.1, -0.05) is 23.4 Å². The average molecular weight is 204 g/mol. The van der Waals surface area contributed by atoms with Gasteiger partial charge < -0.3 is 0 Å². The minimum absolute atomic E-state index is 0.112. The Kier molecular flexibility index (Phi) is 2.06. The van der Waals surface area contributed by atoms with E-state index in [-0.39, 0.29) is 5.17 Å². The number of hydrogen-bond acceptors (Lipinski definition) is 5. The molecule has 1 aromatic heterocycles. The number of thioether (sulfide) groups is 1. The van der Waals surface area contributed by atoms with Crippen LogP contribution in [0.3, 0.4) is 0 Å². The highest BCUT2D eigenvalue weighted by atomic mass is 35.5. The van der Waals surface area contributed by atoms with Gasteiger partial charge in [-0.3, -0.25) is 5.41 Å². The van der Waals surface area contributed by atoms with E-state index >= 15 is 0 Å². The molecule has 0 spiro atoms. The van der Waals surface area contributed by atoms with Gasteiger partial charge in [-0.25, -0.2) is 4.63 Å². The number of nitrogens with zero attached hydrogens (tertiary/aromatic N) is 2. The maximum atomic E-state index is 7.15. The molecule has 0 amide bonds. The van der Waals surface area contributed by atoms with Crippen molar-refractivity contribution >= 4 is 28.5 Å². The van der Waals surface area contributed by atoms with Crippen LogP contribution in [0.15, 0.2) is 9.65 Å². The third kappa shape index (κ3) is 1.61. The van der Waals surface area contributed by atoms with E-state index in [4.69, 9.17) is 17.0 Å². The van der Waals surface area contributed by atoms with Crippen molar-refractivity contribution in [3.05, 3.63) is 5.69 Å². The van der Waals surface area contributed by atoms with Crippen LogP contribution in [0.25, 0.3) is 0 Å². The van der Waals surface area contributed by atoms with E-state index in [1.807, 2.05) is 0 Å². The Morgan fingerprint density at radius 1 is 1.58 bits per heavy atom. The van der Waals surface area contributed by atoms with Crippen LogP contribution in [0.4, 0.5) is 0 Å². The Morgan fingerprint density at radius 3 is 2.92 bits per heavy atom. The van der Waals surface area contributed by atoms with E-state index in [0.717, 1.165) is 0 Å². The molecule has 1 fully saturated rings. The quantitative estimate of drug-likeness (QED) is 0.762. The third-order valence-corrected chi connectivity index (χ3v) is 2.94. The van der Waals surface area contributed by atoms with Gasteiger partial charge >= 0.3 is 0 Å². The average Bonchev–Trinajstić information content (AvgIpc) is 2.66. The monoisotopic (exact) mass is 203 g/mol. The first kappa shape index (κ1) is 8.07. The molecule has 0 radical (unpaired) electrons. The topological polar surface area (TPSA) is 62.8 Å². The summed E-state index contributed by atoms with van der Waals surface area (Å²) in [6, 6.07) is 0. The number of hydrogen-bond donors (Lipinski definition) is 1. The van der Waals surface area contributed by atoms with Gasteiger partial charge in [-0.05, 0) is 23.2 Å². The summed E-state index contributed by atoms with van der Waals surface area (Å²) in [5, 5.41) is 15.5. The van der Waals surface area contributed by atoms with Crippen LogP contribution < -0.4 is 0 Å². The van der Waals surface area contributed by atoms with Crippen LogP contribution >= 0.6 is 23.4 Å². The predicted octanol–water partition coefficient (Wildman–Crippen LogP) is 1.89. The molecule has 0 unspecified atom stereocenters. The lowest BCUT2D eigenvalue weighted by Crippen LogP contribution is -1.91. The molecule has 6 heteroatoms. The summed E-state index contributed by atoms with van der Waals surface area (Å²) in [4.78, 5) is 0. The molecule has 12 heavy (non-hydrogen) atoms. The van der Waals surface area contributed by atoms with Gasteiger partial charge in [0, 0.05) is 5.25 Å². The minimum atomic E-state index is -0.112. The fourth-order valence-electron chi connectivity index (χ4n) is 0.736. The van der Waals surface area contributed by atoms with Crippen molar-refractivity contribution in [2.75, 3.05) is 0 Å². The Balaban J connectivity index is 2.17. The third-order valence-electron chi connectivity index (χ3n) is 1.47. The zero-order valence-corrected chi connectivity index (χ0v) is 7.65. The van der Waals surface area contributed by atoms with Crippen molar-refractivity contribution in [3.8, 4) is 0 Å². The maximum Gasteiger partial charge on any atom is 0.178 e. The van der Waals surface area contributed by atoms with E-state index in [1.54, 1.807) is 11.8 Å². The molecule has 0 aromatic carbocycles. The summed E-state index contributed by atoms with van der Waals surface area (Å²) in [5.74, 6) is 0. The van der Waals surface area contributed by atoms with Gasteiger partial charge in [0.15, 0.2) is 15.9 Å². The summed E-state index contributed by atoms with van der Waals surface area (Å²) in [7, 11) is 0. The fourth-order valence-corrected chi connectivity index (χ4v) is 1.93. The Hall–Kier alpha value is -0.550. The van der Waals surface area contributed by atoms with Gasteiger partial charge in [0.05, 0.1) is 0 Å². The second kappa shape index (κ2) is 3.06. The number of halogens is 1. The molecule has 64 valence electrons. The smallest absolute Gasteiger partial charge is 0.178 e. The lowest BCUT2D eigenvalue weighted by Gasteiger charge is -1.91. The molecule has 1 saturated carbocycles. The molecule has 1 aromatic rings. The minimum Gasteiger partial charge on any atom is -0.287 e. The molecule has 1 heterocycles. The highest BCUT2D eigenvalue weighted by Crippen LogP contribution is 2.39. The Morgan fingerprint density at radius 2 is 2.33 bits per heavy atom. The number of rotatable bonds is 3. The fraction of sp³-hybridized carbons (Fsp3) is 0.500. The van der Waals surface area contributed by atoms with Gasteiger partial charge in [-0.15, -0.1) is 0 Å². The zero-order valence-electron chi connectivity index (χ0n) is 6.08. The van der Waals surface area contributed by atoms with E-state index in [2.05, 4.69) is 14.9 Å². The summed E-state index contributed by atoms with van der Waals surface area (Å²) in [6.45, 7) is 0. The molecule has 1 aliphatic rings. The van der Waals surface area contributed by atoms with E-state index < -0.39 is 0 Å². The Bertz CT molecular complexity index is 309. The van der Waals surface area contributed by atoms with Crippen molar-refractivity contribution in [3.63, 3.8) is 0 Å². The second-order valence-electron chi connectivity index (χ2n) is 2.55. The van der Waals surface area contributed by atoms with E-state index in [1.165, 1.54) is 12.8 Å². The van der Waals surface area contributed by atoms with Crippen molar-refractivity contribution in [1.29, 1.82) is 5.41 Å². The van der Waals surface area contributed by atoms with E-state index in [0.29, 0.717) is 16.0 Å². The van der Waals surface area contributed by atoms with E-state index in [9.17, 15) is 0 Å². The summed E-state index contributed by atoms with van der Waals surface area (Å²) < 4.78 is 4.49. The molecule has 1 aliphatic carbocycles. The SMILES string of the molecule is N=C(Cl)c1nonc1SC1CC1. The molecule has 1 N–H and O–H groups in total. The highest BCUT2D eigenvalue weighted by Gasteiger charge is 2.26. The summed E-state index contributed by atoms with van der Waals surface area (Å²) >= 11 is 7.04. The van der Waals surface area contributed by atoms with Gasteiger partial charge in [-0.2, -0.15) is 0 Å². The first-order valence-electron chi connectivity index (χ1n) is 3.51. The standard InChI is InChI=1S/C6H6ClN3OS/c7-5(8)4-6(10-11-9-4)12-3-1-2-3/h3,8H,1-2H2. The van der Waals surface area contributed by atoms with Gasteiger partial charge in [0.2, 0.25) is 0 Å². The van der Waals surface area contributed by atoms with Crippen LogP contribution in [-0.4, -0.2) is 20.7 Å². The van der Waals surface area contributed by atoms with Gasteiger partial charge in [0.1, 0.15) is 0 Å². The molecule has 4 nitrogen and oxygen atoms in total. The highest BCUT2D eigenvalue weighted by molar-refractivity contribution is 8.00. The van der Waals surface area contributed by atoms with Crippen LogP contribution in [-0.2, 0) is 0 Å². The second-order valence-corrected chi connectivity index (χ2v) is 4.22. The number of nitrogens with one attached hydrogen (secondary N) is 1. The lowest BCUT2D eigenvalue weighted by atomic mass is 10.5. The van der Waals surface area contributed by atoms with Crippen LogP contribution in [0.5, 0.6) is 0 Å². The van der Waals surface area contributed by atoms with Crippen LogP contribution in [0, 0.1) is 5.41 Å². The van der Waals surface area contributed by atoms with Crippen molar-refractivity contribution in [2.45, 2.75) is 23.1 Å². The predicted molar refractivity (Wildman–Crippen MR) is 45.9 cm³/mol. The van der Waals surface area contributed by atoms with Crippen LogP contribution in [0.1, 0.15) is 18.5 Å². The van der Waals surface area contributed by atoms with Gasteiger partial charge in [0.25, 0.3) is 0 Å². The molecule has 0 atom stereocenters. The molecule has 0 bridgehead atoms. The first-order valence-corrected chi connectivity index (χ1v) is 4.77.